The molecule has 0 amide bonds. The van der Waals surface area contributed by atoms with E-state index in [0.29, 0.717) is 5.02 Å². The molecule has 6 heteroatoms. The summed E-state index contributed by atoms with van der Waals surface area (Å²) in [7, 11) is -3.57. The van der Waals surface area contributed by atoms with Gasteiger partial charge in [-0.2, -0.15) is 0 Å². The second-order valence-corrected chi connectivity index (χ2v) is 9.19. The number of nitrogens with one attached hydrogen (secondary N) is 2. The molecule has 0 aliphatic heterocycles. The lowest BCUT2D eigenvalue weighted by atomic mass is 9.90. The fourth-order valence-corrected chi connectivity index (χ4v) is 4.94. The lowest BCUT2D eigenvalue weighted by molar-refractivity contribution is 0.378. The fourth-order valence-electron chi connectivity index (χ4n) is 3.50. The minimum atomic E-state index is -3.57. The van der Waals surface area contributed by atoms with Gasteiger partial charge in [-0.05, 0) is 62.6 Å². The highest BCUT2D eigenvalue weighted by Crippen LogP contribution is 2.26. The molecule has 1 fully saturated rings. The number of anilines is 1. The van der Waals surface area contributed by atoms with Crippen molar-refractivity contribution in [1.82, 2.24) is 4.72 Å². The molecular formula is C20H25ClN2O2S. The van der Waals surface area contributed by atoms with E-state index in [0.717, 1.165) is 31.4 Å². The van der Waals surface area contributed by atoms with Gasteiger partial charge in [0.25, 0.3) is 0 Å². The van der Waals surface area contributed by atoms with Crippen molar-refractivity contribution in [3.05, 3.63) is 58.6 Å². The Bertz CT molecular complexity index is 866. The van der Waals surface area contributed by atoms with Crippen molar-refractivity contribution in [2.75, 3.05) is 5.32 Å². The van der Waals surface area contributed by atoms with Gasteiger partial charge in [-0.1, -0.05) is 42.1 Å². The van der Waals surface area contributed by atoms with Gasteiger partial charge in [-0.25, -0.2) is 13.1 Å². The Morgan fingerprint density at radius 2 is 1.62 bits per heavy atom. The van der Waals surface area contributed by atoms with Crippen LogP contribution in [0.3, 0.4) is 0 Å². The normalized spacial score (nSPS) is 20.7. The first-order valence-electron chi connectivity index (χ1n) is 8.97. The molecule has 26 heavy (non-hydrogen) atoms. The van der Waals surface area contributed by atoms with Gasteiger partial charge in [-0.15, -0.1) is 0 Å². The van der Waals surface area contributed by atoms with Crippen molar-refractivity contribution < 1.29 is 8.42 Å². The summed E-state index contributed by atoms with van der Waals surface area (Å²) in [5.41, 5.74) is 3.46. The smallest absolute Gasteiger partial charge is 0.240 e. The van der Waals surface area contributed by atoms with Crippen molar-refractivity contribution in [2.24, 2.45) is 0 Å². The highest BCUT2D eigenvalue weighted by atomic mass is 35.5. The molecular weight excluding hydrogens is 368 g/mol. The summed E-state index contributed by atoms with van der Waals surface area (Å²) in [6.45, 7) is 4.14. The summed E-state index contributed by atoms with van der Waals surface area (Å²) in [5.74, 6) is 0. The predicted molar refractivity (Wildman–Crippen MR) is 107 cm³/mol. The third-order valence-corrected chi connectivity index (χ3v) is 6.68. The van der Waals surface area contributed by atoms with E-state index in [9.17, 15) is 8.42 Å². The summed E-state index contributed by atoms with van der Waals surface area (Å²) in [5, 5.41) is 4.09. The molecule has 2 aromatic carbocycles. The molecule has 0 aromatic heterocycles. The van der Waals surface area contributed by atoms with Crippen LogP contribution < -0.4 is 10.0 Å². The summed E-state index contributed by atoms with van der Waals surface area (Å²) >= 11 is 5.87. The fraction of sp³-hybridized carbons (Fsp3) is 0.400. The average molecular weight is 393 g/mol. The monoisotopic (exact) mass is 392 g/mol. The Labute approximate surface area is 161 Å². The van der Waals surface area contributed by atoms with E-state index < -0.39 is 10.0 Å². The summed E-state index contributed by atoms with van der Waals surface area (Å²) in [6, 6.07) is 12.5. The van der Waals surface area contributed by atoms with Crippen molar-refractivity contribution in [2.45, 2.75) is 56.5 Å². The van der Waals surface area contributed by atoms with E-state index in [1.807, 2.05) is 0 Å². The molecule has 4 nitrogen and oxygen atoms in total. The van der Waals surface area contributed by atoms with E-state index in [1.54, 1.807) is 24.3 Å². The number of hydrogen-bond donors (Lipinski definition) is 2. The van der Waals surface area contributed by atoms with Gasteiger partial charge in [0, 0.05) is 22.8 Å². The highest BCUT2D eigenvalue weighted by molar-refractivity contribution is 7.89. The SMILES string of the molecule is Cc1ccc(N[C@@H]2CCCC[C@@H]2NS(=O)(=O)c2ccc(Cl)cc2)c(C)c1. The van der Waals surface area contributed by atoms with E-state index in [2.05, 4.69) is 42.1 Å². The van der Waals surface area contributed by atoms with Gasteiger partial charge < -0.3 is 5.32 Å². The Hall–Kier alpha value is -1.56. The minimum absolute atomic E-state index is 0.0761. The number of benzene rings is 2. The summed E-state index contributed by atoms with van der Waals surface area (Å²) in [6.07, 6.45) is 3.90. The lowest BCUT2D eigenvalue weighted by Gasteiger charge is -2.33. The molecule has 1 saturated carbocycles. The highest BCUT2D eigenvalue weighted by Gasteiger charge is 2.29. The van der Waals surface area contributed by atoms with Crippen LogP contribution in [0.5, 0.6) is 0 Å². The maximum Gasteiger partial charge on any atom is 0.240 e. The lowest BCUT2D eigenvalue weighted by Crippen LogP contribution is -2.48. The molecule has 3 rings (SSSR count). The molecule has 0 radical (unpaired) electrons. The number of hydrogen-bond acceptors (Lipinski definition) is 3. The van der Waals surface area contributed by atoms with Crippen molar-refractivity contribution in [3.8, 4) is 0 Å². The van der Waals surface area contributed by atoms with Gasteiger partial charge in [0.2, 0.25) is 10.0 Å². The van der Waals surface area contributed by atoms with Crippen LogP contribution in [0.1, 0.15) is 36.8 Å². The maximum atomic E-state index is 12.7. The topological polar surface area (TPSA) is 58.2 Å². The molecule has 0 bridgehead atoms. The van der Waals surface area contributed by atoms with Crippen LogP contribution in [0.4, 0.5) is 5.69 Å². The maximum absolute atomic E-state index is 12.7. The first-order valence-corrected chi connectivity index (χ1v) is 10.8. The molecule has 2 atom stereocenters. The number of halogens is 1. The van der Waals surface area contributed by atoms with Gasteiger partial charge in [-0.3, -0.25) is 0 Å². The first-order chi connectivity index (χ1) is 12.3. The van der Waals surface area contributed by atoms with Gasteiger partial charge in [0.05, 0.1) is 4.90 Å². The average Bonchev–Trinajstić information content (AvgIpc) is 2.59. The van der Waals surface area contributed by atoms with E-state index >= 15 is 0 Å². The zero-order valence-corrected chi connectivity index (χ0v) is 16.7. The zero-order chi connectivity index (χ0) is 18.7. The van der Waals surface area contributed by atoms with E-state index in [-0.39, 0.29) is 17.0 Å². The molecule has 0 heterocycles. The molecule has 2 aromatic rings. The Balaban J connectivity index is 1.77. The molecule has 1 aliphatic carbocycles. The van der Waals surface area contributed by atoms with Crippen LogP contribution in [0, 0.1) is 13.8 Å². The van der Waals surface area contributed by atoms with Crippen LogP contribution in [-0.4, -0.2) is 20.5 Å². The van der Waals surface area contributed by atoms with Gasteiger partial charge in [0.1, 0.15) is 0 Å². The van der Waals surface area contributed by atoms with E-state index in [4.69, 9.17) is 11.6 Å². The zero-order valence-electron chi connectivity index (χ0n) is 15.1. The van der Waals surface area contributed by atoms with Crippen molar-refractivity contribution in [3.63, 3.8) is 0 Å². The number of aryl methyl sites for hydroxylation is 2. The molecule has 140 valence electrons. The Kier molecular flexibility index (Phi) is 5.90. The third kappa shape index (κ3) is 4.58. The van der Waals surface area contributed by atoms with Crippen LogP contribution in [0.2, 0.25) is 5.02 Å². The largest absolute Gasteiger partial charge is 0.380 e. The Morgan fingerprint density at radius 1 is 0.962 bits per heavy atom. The quantitative estimate of drug-likeness (QED) is 0.778. The standard InChI is InChI=1S/C20H25ClN2O2S/c1-14-7-12-18(15(2)13-14)22-19-5-3-4-6-20(19)23-26(24,25)17-10-8-16(21)9-11-17/h7-13,19-20,22-23H,3-6H2,1-2H3/t19-,20+/m1/s1. The first kappa shape index (κ1) is 19.2. The van der Waals surface area contributed by atoms with Gasteiger partial charge >= 0.3 is 0 Å². The van der Waals surface area contributed by atoms with Crippen molar-refractivity contribution >= 4 is 27.3 Å². The van der Waals surface area contributed by atoms with Gasteiger partial charge in [0.15, 0.2) is 0 Å². The second-order valence-electron chi connectivity index (χ2n) is 7.04. The van der Waals surface area contributed by atoms with Crippen LogP contribution in [-0.2, 0) is 10.0 Å². The molecule has 1 aliphatic rings. The van der Waals surface area contributed by atoms with Crippen LogP contribution in [0.15, 0.2) is 47.4 Å². The molecule has 0 unspecified atom stereocenters. The third-order valence-electron chi connectivity index (χ3n) is 4.92. The van der Waals surface area contributed by atoms with Crippen LogP contribution >= 0.6 is 11.6 Å². The minimum Gasteiger partial charge on any atom is -0.380 e. The van der Waals surface area contributed by atoms with Crippen LogP contribution in [0.25, 0.3) is 0 Å². The Morgan fingerprint density at radius 3 is 2.27 bits per heavy atom. The predicted octanol–water partition coefficient (Wildman–Crippen LogP) is 4.66. The van der Waals surface area contributed by atoms with Crippen molar-refractivity contribution in [1.29, 1.82) is 0 Å². The molecule has 0 saturated heterocycles. The number of sulfonamides is 1. The molecule has 0 spiro atoms. The van der Waals surface area contributed by atoms with E-state index in [1.165, 1.54) is 11.1 Å². The number of rotatable bonds is 5. The molecule has 2 N–H and O–H groups in total. The summed E-state index contributed by atoms with van der Waals surface area (Å²) in [4.78, 5) is 0.248. The second kappa shape index (κ2) is 7.99. The summed E-state index contributed by atoms with van der Waals surface area (Å²) < 4.78 is 28.4.